The Balaban J connectivity index is 1.66. The van der Waals surface area contributed by atoms with Gasteiger partial charge in [-0.3, -0.25) is 0 Å². The van der Waals surface area contributed by atoms with E-state index in [4.69, 9.17) is 9.47 Å². The molecule has 0 aliphatic carbocycles. The van der Waals surface area contributed by atoms with Crippen molar-refractivity contribution in [2.45, 2.75) is 6.61 Å². The minimum atomic E-state index is -0.476. The molecule has 0 radical (unpaired) electrons. The maximum Gasteiger partial charge on any atom is 0.339 e. The largest absolute Gasteiger partial charge is 0.496 e. The third-order valence-electron chi connectivity index (χ3n) is 4.98. The van der Waals surface area contributed by atoms with Crippen molar-refractivity contribution in [1.82, 2.24) is 4.40 Å². The molecule has 0 aliphatic heterocycles. The van der Waals surface area contributed by atoms with E-state index in [0.717, 1.165) is 16.6 Å². The van der Waals surface area contributed by atoms with Crippen LogP contribution in [0.25, 0.3) is 17.2 Å². The lowest BCUT2D eigenvalue weighted by atomic mass is 10.0. The maximum absolute atomic E-state index is 13.1. The molecule has 0 fully saturated rings. The number of hydrogen-bond donors (Lipinski definition) is 0. The molecular formula is C26H20N2O3. The van der Waals surface area contributed by atoms with Gasteiger partial charge in [-0.25, -0.2) is 4.79 Å². The molecule has 5 heteroatoms. The smallest absolute Gasteiger partial charge is 0.339 e. The van der Waals surface area contributed by atoms with E-state index in [1.54, 1.807) is 13.2 Å². The minimum absolute atomic E-state index is 0.000491. The summed E-state index contributed by atoms with van der Waals surface area (Å²) in [6.07, 6.45) is 5.43. The van der Waals surface area contributed by atoms with E-state index in [9.17, 15) is 10.1 Å². The predicted octanol–water partition coefficient (Wildman–Crippen LogP) is 5.10. The molecule has 2 aromatic carbocycles. The van der Waals surface area contributed by atoms with E-state index in [-0.39, 0.29) is 6.61 Å². The number of benzene rings is 2. The van der Waals surface area contributed by atoms with Gasteiger partial charge < -0.3 is 13.9 Å². The van der Waals surface area contributed by atoms with Crippen molar-refractivity contribution in [3.05, 3.63) is 107 Å². The summed E-state index contributed by atoms with van der Waals surface area (Å²) in [4.78, 5) is 13.1. The van der Waals surface area contributed by atoms with E-state index in [0.29, 0.717) is 22.4 Å². The van der Waals surface area contributed by atoms with E-state index in [1.165, 1.54) is 0 Å². The Kier molecular flexibility index (Phi) is 5.82. The van der Waals surface area contributed by atoms with Gasteiger partial charge in [-0.1, -0.05) is 54.6 Å². The second kappa shape index (κ2) is 9.02. The van der Waals surface area contributed by atoms with Gasteiger partial charge in [0.1, 0.15) is 18.4 Å². The van der Waals surface area contributed by atoms with Crippen LogP contribution in [0.1, 0.15) is 22.3 Å². The SMILES string of the molecule is COc1ccccc1C=C(C(=O)OCc1cn2ccccc2c1C#N)c1ccccc1. The van der Waals surface area contributed by atoms with Crippen molar-refractivity contribution < 1.29 is 14.3 Å². The van der Waals surface area contributed by atoms with E-state index in [2.05, 4.69) is 6.07 Å². The number of para-hydroxylation sites is 1. The lowest BCUT2D eigenvalue weighted by molar-refractivity contribution is -0.137. The third kappa shape index (κ3) is 4.19. The van der Waals surface area contributed by atoms with Crippen molar-refractivity contribution in [2.75, 3.05) is 7.11 Å². The summed E-state index contributed by atoms with van der Waals surface area (Å²) in [5.74, 6) is 0.186. The van der Waals surface area contributed by atoms with Gasteiger partial charge in [0.25, 0.3) is 0 Å². The van der Waals surface area contributed by atoms with Crippen LogP contribution in [-0.2, 0) is 16.1 Å². The third-order valence-corrected chi connectivity index (χ3v) is 4.98. The predicted molar refractivity (Wildman–Crippen MR) is 119 cm³/mol. The molecule has 0 atom stereocenters. The van der Waals surface area contributed by atoms with Crippen LogP contribution in [0.2, 0.25) is 0 Å². The second-order valence-electron chi connectivity index (χ2n) is 6.88. The topological polar surface area (TPSA) is 63.7 Å². The molecule has 0 aliphatic rings. The highest BCUT2D eigenvalue weighted by molar-refractivity contribution is 6.21. The zero-order chi connectivity index (χ0) is 21.6. The van der Waals surface area contributed by atoms with Gasteiger partial charge in [-0.2, -0.15) is 5.26 Å². The summed E-state index contributed by atoms with van der Waals surface area (Å²) in [7, 11) is 1.59. The number of pyridine rings is 1. The number of esters is 1. The summed E-state index contributed by atoms with van der Waals surface area (Å²) in [5.41, 5.74) is 3.86. The lowest BCUT2D eigenvalue weighted by Gasteiger charge is -2.10. The average Bonchev–Trinajstić information content (AvgIpc) is 3.19. The molecule has 4 aromatic rings. The molecular weight excluding hydrogens is 388 g/mol. The average molecular weight is 408 g/mol. The number of fused-ring (bicyclic) bond motifs is 1. The summed E-state index contributed by atoms with van der Waals surface area (Å²) >= 11 is 0. The number of carbonyl (C=O) groups is 1. The zero-order valence-electron chi connectivity index (χ0n) is 17.0. The number of ether oxygens (including phenoxy) is 2. The Hall–Kier alpha value is -4.30. The van der Waals surface area contributed by atoms with Crippen LogP contribution in [-0.4, -0.2) is 17.5 Å². The molecule has 5 nitrogen and oxygen atoms in total. The molecule has 2 heterocycles. The number of rotatable bonds is 6. The first-order valence-electron chi connectivity index (χ1n) is 9.77. The van der Waals surface area contributed by atoms with Gasteiger partial charge in [0.05, 0.1) is 23.8 Å². The zero-order valence-corrected chi connectivity index (χ0v) is 17.0. The number of carbonyl (C=O) groups excluding carboxylic acids is 1. The highest BCUT2D eigenvalue weighted by Gasteiger charge is 2.17. The lowest BCUT2D eigenvalue weighted by Crippen LogP contribution is -2.08. The molecule has 0 saturated heterocycles. The molecule has 0 spiro atoms. The fourth-order valence-electron chi connectivity index (χ4n) is 3.46. The number of methoxy groups -OCH3 is 1. The van der Waals surface area contributed by atoms with Gasteiger partial charge in [0.2, 0.25) is 0 Å². The first-order valence-corrected chi connectivity index (χ1v) is 9.77. The molecule has 0 bridgehead atoms. The van der Waals surface area contributed by atoms with Crippen LogP contribution < -0.4 is 4.74 Å². The monoisotopic (exact) mass is 408 g/mol. The minimum Gasteiger partial charge on any atom is -0.496 e. The van der Waals surface area contributed by atoms with E-state index < -0.39 is 5.97 Å². The van der Waals surface area contributed by atoms with Crippen molar-refractivity contribution in [2.24, 2.45) is 0 Å². The second-order valence-corrected chi connectivity index (χ2v) is 6.88. The fourth-order valence-corrected chi connectivity index (χ4v) is 3.46. The Morgan fingerprint density at radius 3 is 2.55 bits per heavy atom. The number of hydrogen-bond acceptors (Lipinski definition) is 4. The summed E-state index contributed by atoms with van der Waals surface area (Å²) in [6, 6.07) is 24.6. The van der Waals surface area contributed by atoms with Crippen molar-refractivity contribution in [3.8, 4) is 11.8 Å². The van der Waals surface area contributed by atoms with Crippen molar-refractivity contribution in [3.63, 3.8) is 0 Å². The van der Waals surface area contributed by atoms with Crippen LogP contribution in [0, 0.1) is 11.3 Å². The van der Waals surface area contributed by atoms with E-state index >= 15 is 0 Å². The van der Waals surface area contributed by atoms with Crippen LogP contribution in [0.4, 0.5) is 0 Å². The standard InChI is InChI=1S/C26H20N2O3/c1-30-25-13-6-5-11-20(25)15-22(19-9-3-2-4-10-19)26(29)31-18-21-17-28-14-8-7-12-24(28)23(21)16-27/h2-15,17H,18H2,1H3. The summed E-state index contributed by atoms with van der Waals surface area (Å²) in [6.45, 7) is -0.000491. The molecule has 2 aromatic heterocycles. The van der Waals surface area contributed by atoms with Crippen LogP contribution >= 0.6 is 0 Å². The molecule has 0 amide bonds. The van der Waals surface area contributed by atoms with Crippen LogP contribution in [0.5, 0.6) is 5.75 Å². The van der Waals surface area contributed by atoms with Crippen molar-refractivity contribution >= 4 is 23.1 Å². The fraction of sp³-hybridized carbons (Fsp3) is 0.0769. The first-order chi connectivity index (χ1) is 15.2. The highest BCUT2D eigenvalue weighted by atomic mass is 16.5. The number of nitrogens with zero attached hydrogens (tertiary/aromatic N) is 2. The van der Waals surface area contributed by atoms with Crippen LogP contribution in [0.15, 0.2) is 85.2 Å². The molecule has 152 valence electrons. The summed E-state index contributed by atoms with van der Waals surface area (Å²) in [5, 5.41) is 9.58. The molecule has 0 unspecified atom stereocenters. The Labute approximate surface area is 180 Å². The Morgan fingerprint density at radius 2 is 1.77 bits per heavy atom. The molecule has 31 heavy (non-hydrogen) atoms. The normalized spacial score (nSPS) is 11.2. The Bertz CT molecular complexity index is 1300. The quantitative estimate of drug-likeness (QED) is 0.253. The van der Waals surface area contributed by atoms with Gasteiger partial charge in [0, 0.05) is 23.5 Å². The molecule has 0 saturated carbocycles. The maximum atomic E-state index is 13.1. The van der Waals surface area contributed by atoms with Gasteiger partial charge in [-0.15, -0.1) is 0 Å². The molecule has 0 N–H and O–H groups in total. The highest BCUT2D eigenvalue weighted by Crippen LogP contribution is 2.26. The van der Waals surface area contributed by atoms with Gasteiger partial charge in [-0.05, 0) is 29.8 Å². The summed E-state index contributed by atoms with van der Waals surface area (Å²) < 4.78 is 12.9. The van der Waals surface area contributed by atoms with E-state index in [1.807, 2.05) is 89.6 Å². The first kappa shape index (κ1) is 20.0. The Morgan fingerprint density at radius 1 is 1.03 bits per heavy atom. The van der Waals surface area contributed by atoms with Gasteiger partial charge >= 0.3 is 5.97 Å². The van der Waals surface area contributed by atoms with Crippen LogP contribution in [0.3, 0.4) is 0 Å². The molecule has 4 rings (SSSR count). The number of aromatic nitrogens is 1. The van der Waals surface area contributed by atoms with Gasteiger partial charge in [0.15, 0.2) is 0 Å². The number of nitriles is 1. The van der Waals surface area contributed by atoms with Crippen molar-refractivity contribution in [1.29, 1.82) is 5.26 Å².